The van der Waals surface area contributed by atoms with Crippen LogP contribution in [-0.4, -0.2) is 57.0 Å². The van der Waals surface area contributed by atoms with Gasteiger partial charge in [0.2, 0.25) is 0 Å². The van der Waals surface area contributed by atoms with Crippen LogP contribution in [-0.2, 0) is 9.59 Å². The van der Waals surface area contributed by atoms with Gasteiger partial charge in [0.15, 0.2) is 0 Å². The molecule has 0 aliphatic rings. The summed E-state index contributed by atoms with van der Waals surface area (Å²) >= 11 is 0. The number of carbonyl (C=O) groups is 4. The molecule has 2 aromatic heterocycles. The molecular weight excluding hydrogens is 440 g/mol. The minimum atomic E-state index is -0.870. The SMILES string of the molecule is O=C(NCCCCCCNC(=O)c1ccncc1)c1ccncc1.O=C(O)CCCCC(=O)O. The van der Waals surface area contributed by atoms with Crippen molar-refractivity contribution in [3.63, 3.8) is 0 Å². The van der Waals surface area contributed by atoms with Crippen molar-refractivity contribution in [2.24, 2.45) is 0 Å². The summed E-state index contributed by atoms with van der Waals surface area (Å²) in [5, 5.41) is 22.0. The normalized spacial score (nSPS) is 9.88. The molecule has 34 heavy (non-hydrogen) atoms. The zero-order valence-corrected chi connectivity index (χ0v) is 19.1. The maximum Gasteiger partial charge on any atom is 0.303 e. The molecule has 0 unspecified atom stereocenters. The third-order valence-electron chi connectivity index (χ3n) is 4.59. The van der Waals surface area contributed by atoms with Crippen LogP contribution in [0.25, 0.3) is 0 Å². The lowest BCUT2D eigenvalue weighted by Gasteiger charge is -2.06. The molecule has 0 radical (unpaired) electrons. The molecule has 4 N–H and O–H groups in total. The Kier molecular flexibility index (Phi) is 14.7. The number of amides is 2. The third-order valence-corrected chi connectivity index (χ3v) is 4.59. The first-order valence-electron chi connectivity index (χ1n) is 11.2. The van der Waals surface area contributed by atoms with Crippen LogP contribution >= 0.6 is 0 Å². The first-order chi connectivity index (χ1) is 16.4. The predicted octanol–water partition coefficient (Wildman–Crippen LogP) is 2.91. The number of carboxylic acid groups (broad SMARTS) is 2. The van der Waals surface area contributed by atoms with Crippen molar-refractivity contribution in [3.8, 4) is 0 Å². The Morgan fingerprint density at radius 2 is 0.941 bits per heavy atom. The standard InChI is InChI=1S/C18H22N4O2.C6H10O4/c23-17(15-5-11-19-12-6-15)21-9-3-1-2-4-10-22-18(24)16-7-13-20-14-8-16;7-5(8)3-1-2-4-6(9)10/h5-8,11-14H,1-4,9-10H2,(H,21,23)(H,22,24);1-4H2,(H,7,8)(H,9,10). The smallest absolute Gasteiger partial charge is 0.303 e. The quantitative estimate of drug-likeness (QED) is 0.305. The Balaban J connectivity index is 0.000000489. The maximum absolute atomic E-state index is 11.8. The molecule has 2 aromatic rings. The molecule has 0 aliphatic heterocycles. The van der Waals surface area contributed by atoms with E-state index in [2.05, 4.69) is 20.6 Å². The molecule has 0 atom stereocenters. The number of aromatic nitrogens is 2. The Morgan fingerprint density at radius 1 is 0.588 bits per heavy atom. The van der Waals surface area contributed by atoms with Gasteiger partial charge in [-0.2, -0.15) is 0 Å². The van der Waals surface area contributed by atoms with Gasteiger partial charge < -0.3 is 20.8 Å². The minimum absolute atomic E-state index is 0.0628. The highest BCUT2D eigenvalue weighted by molar-refractivity contribution is 5.94. The summed E-state index contributed by atoms with van der Waals surface area (Å²) in [6.07, 6.45) is 11.3. The number of hydrogen-bond acceptors (Lipinski definition) is 6. The molecule has 10 nitrogen and oxygen atoms in total. The van der Waals surface area contributed by atoms with Gasteiger partial charge in [-0.25, -0.2) is 0 Å². The van der Waals surface area contributed by atoms with Gasteiger partial charge in [-0.1, -0.05) is 12.8 Å². The molecule has 0 aliphatic carbocycles. The number of pyridine rings is 2. The van der Waals surface area contributed by atoms with E-state index < -0.39 is 11.9 Å². The van der Waals surface area contributed by atoms with E-state index in [1.165, 1.54) is 0 Å². The number of aliphatic carboxylic acids is 2. The van der Waals surface area contributed by atoms with Crippen molar-refractivity contribution in [2.45, 2.75) is 51.4 Å². The van der Waals surface area contributed by atoms with E-state index in [0.717, 1.165) is 25.7 Å². The number of carbonyl (C=O) groups excluding carboxylic acids is 2. The number of unbranched alkanes of at least 4 members (excludes halogenated alkanes) is 4. The van der Waals surface area contributed by atoms with E-state index >= 15 is 0 Å². The lowest BCUT2D eigenvalue weighted by molar-refractivity contribution is -0.139. The Bertz CT molecular complexity index is 804. The second-order valence-corrected chi connectivity index (χ2v) is 7.39. The van der Waals surface area contributed by atoms with Crippen LogP contribution in [0.15, 0.2) is 49.1 Å². The van der Waals surface area contributed by atoms with Crippen molar-refractivity contribution >= 4 is 23.8 Å². The average Bonchev–Trinajstić information content (AvgIpc) is 2.84. The summed E-state index contributed by atoms with van der Waals surface area (Å²) < 4.78 is 0. The van der Waals surface area contributed by atoms with E-state index in [4.69, 9.17) is 10.2 Å². The summed E-state index contributed by atoms with van der Waals surface area (Å²) in [4.78, 5) is 51.2. The first kappa shape index (κ1) is 28.2. The van der Waals surface area contributed by atoms with Crippen molar-refractivity contribution in [2.75, 3.05) is 13.1 Å². The Labute approximate surface area is 198 Å². The van der Waals surface area contributed by atoms with Crippen LogP contribution < -0.4 is 10.6 Å². The second kappa shape index (κ2) is 17.7. The van der Waals surface area contributed by atoms with Crippen LogP contribution in [0, 0.1) is 0 Å². The first-order valence-corrected chi connectivity index (χ1v) is 11.2. The molecule has 10 heteroatoms. The van der Waals surface area contributed by atoms with Crippen LogP contribution in [0.3, 0.4) is 0 Å². The third kappa shape index (κ3) is 14.3. The van der Waals surface area contributed by atoms with Crippen LogP contribution in [0.5, 0.6) is 0 Å². The van der Waals surface area contributed by atoms with Gasteiger partial charge in [0.25, 0.3) is 11.8 Å². The number of nitrogens with zero attached hydrogens (tertiary/aromatic N) is 2. The maximum atomic E-state index is 11.8. The van der Waals surface area contributed by atoms with E-state index in [0.29, 0.717) is 37.1 Å². The highest BCUT2D eigenvalue weighted by Crippen LogP contribution is 2.01. The molecule has 0 bridgehead atoms. The molecule has 0 spiro atoms. The molecule has 2 heterocycles. The Hall–Kier alpha value is -3.82. The lowest BCUT2D eigenvalue weighted by atomic mass is 10.2. The fraction of sp³-hybridized carbons (Fsp3) is 0.417. The van der Waals surface area contributed by atoms with Gasteiger partial charge in [0, 0.05) is 61.8 Å². The fourth-order valence-corrected chi connectivity index (χ4v) is 2.77. The summed E-state index contributed by atoms with van der Waals surface area (Å²) in [5.74, 6) is -1.88. The van der Waals surface area contributed by atoms with Crippen LogP contribution in [0.1, 0.15) is 72.1 Å². The molecule has 0 saturated carbocycles. The van der Waals surface area contributed by atoms with E-state index in [9.17, 15) is 19.2 Å². The minimum Gasteiger partial charge on any atom is -0.481 e. The van der Waals surface area contributed by atoms with Gasteiger partial charge in [0.1, 0.15) is 0 Å². The number of nitrogens with one attached hydrogen (secondary N) is 2. The monoisotopic (exact) mass is 472 g/mol. The molecule has 184 valence electrons. The average molecular weight is 473 g/mol. The highest BCUT2D eigenvalue weighted by Gasteiger charge is 2.04. The zero-order chi connectivity index (χ0) is 25.0. The summed E-state index contributed by atoms with van der Waals surface area (Å²) in [6, 6.07) is 6.78. The van der Waals surface area contributed by atoms with E-state index in [1.54, 1.807) is 49.1 Å². The molecular formula is C24H32N4O6. The second-order valence-electron chi connectivity index (χ2n) is 7.39. The van der Waals surface area contributed by atoms with E-state index in [-0.39, 0.29) is 24.7 Å². The van der Waals surface area contributed by atoms with Gasteiger partial charge >= 0.3 is 11.9 Å². The van der Waals surface area contributed by atoms with Crippen molar-refractivity contribution in [1.29, 1.82) is 0 Å². The van der Waals surface area contributed by atoms with Crippen LogP contribution in [0.4, 0.5) is 0 Å². The van der Waals surface area contributed by atoms with Crippen molar-refractivity contribution in [3.05, 3.63) is 60.2 Å². The molecule has 0 fully saturated rings. The highest BCUT2D eigenvalue weighted by atomic mass is 16.4. The molecule has 2 rings (SSSR count). The zero-order valence-electron chi connectivity index (χ0n) is 19.1. The van der Waals surface area contributed by atoms with Crippen molar-refractivity contribution in [1.82, 2.24) is 20.6 Å². The molecule has 2 amide bonds. The van der Waals surface area contributed by atoms with Gasteiger partial charge in [-0.05, 0) is 49.9 Å². The van der Waals surface area contributed by atoms with Crippen molar-refractivity contribution < 1.29 is 29.4 Å². The molecule has 0 aromatic carbocycles. The number of hydrogen-bond donors (Lipinski definition) is 4. The van der Waals surface area contributed by atoms with Gasteiger partial charge in [0.05, 0.1) is 0 Å². The lowest BCUT2D eigenvalue weighted by Crippen LogP contribution is -2.25. The fourth-order valence-electron chi connectivity index (χ4n) is 2.77. The van der Waals surface area contributed by atoms with Gasteiger partial charge in [-0.3, -0.25) is 29.1 Å². The predicted molar refractivity (Wildman–Crippen MR) is 125 cm³/mol. The number of rotatable bonds is 14. The van der Waals surface area contributed by atoms with Gasteiger partial charge in [-0.15, -0.1) is 0 Å². The molecule has 0 saturated heterocycles. The Morgan fingerprint density at radius 3 is 1.26 bits per heavy atom. The summed E-state index contributed by atoms with van der Waals surface area (Å²) in [5.41, 5.74) is 1.26. The number of carboxylic acids is 2. The topological polar surface area (TPSA) is 159 Å². The summed E-state index contributed by atoms with van der Waals surface area (Å²) in [6.45, 7) is 1.31. The largest absolute Gasteiger partial charge is 0.481 e. The summed E-state index contributed by atoms with van der Waals surface area (Å²) in [7, 11) is 0. The van der Waals surface area contributed by atoms with E-state index in [1.807, 2.05) is 0 Å². The van der Waals surface area contributed by atoms with Crippen LogP contribution in [0.2, 0.25) is 0 Å².